The highest BCUT2D eigenvalue weighted by Gasteiger charge is 2.09. The summed E-state index contributed by atoms with van der Waals surface area (Å²) in [7, 11) is 0. The molecule has 1 fully saturated rings. The second-order valence-corrected chi connectivity index (χ2v) is 4.33. The van der Waals surface area contributed by atoms with Gasteiger partial charge in [-0.15, -0.1) is 12.4 Å². The van der Waals surface area contributed by atoms with Crippen molar-refractivity contribution in [1.82, 2.24) is 15.2 Å². The summed E-state index contributed by atoms with van der Waals surface area (Å²) in [5.74, 6) is 0. The molecule has 1 aromatic rings. The van der Waals surface area contributed by atoms with Crippen molar-refractivity contribution >= 4 is 28.3 Å². The zero-order valence-electron chi connectivity index (χ0n) is 8.45. The first-order valence-electron chi connectivity index (χ1n) is 4.88. The third kappa shape index (κ3) is 4.07. The molecule has 1 aliphatic rings. The summed E-state index contributed by atoms with van der Waals surface area (Å²) in [6.07, 6.45) is 1.94. The van der Waals surface area contributed by atoms with E-state index in [1.165, 1.54) is 5.56 Å². The molecule has 0 bridgehead atoms. The third-order valence-electron chi connectivity index (χ3n) is 2.40. The van der Waals surface area contributed by atoms with Crippen LogP contribution in [0.4, 0.5) is 0 Å². The number of nitrogens with one attached hydrogen (secondary N) is 1. The highest BCUT2D eigenvalue weighted by atomic mass is 79.9. The average molecular weight is 293 g/mol. The van der Waals surface area contributed by atoms with Crippen LogP contribution in [0.2, 0.25) is 0 Å². The van der Waals surface area contributed by atoms with Crippen LogP contribution in [-0.2, 0) is 6.54 Å². The number of aromatic nitrogens is 1. The van der Waals surface area contributed by atoms with Crippen LogP contribution in [0, 0.1) is 0 Å². The van der Waals surface area contributed by atoms with E-state index >= 15 is 0 Å². The van der Waals surface area contributed by atoms with Gasteiger partial charge in [-0.2, -0.15) is 0 Å². The molecule has 0 aromatic carbocycles. The van der Waals surface area contributed by atoms with E-state index < -0.39 is 0 Å². The molecule has 0 unspecified atom stereocenters. The van der Waals surface area contributed by atoms with E-state index in [0.717, 1.165) is 37.3 Å². The lowest BCUT2D eigenvalue weighted by atomic mass is 10.2. The smallest absolute Gasteiger partial charge is 0.106 e. The van der Waals surface area contributed by atoms with E-state index in [1.54, 1.807) is 0 Å². The lowest BCUT2D eigenvalue weighted by molar-refractivity contribution is 0.233. The van der Waals surface area contributed by atoms with Gasteiger partial charge in [0.05, 0.1) is 0 Å². The molecular formula is C10H15BrClN3. The Balaban J connectivity index is 0.00000112. The fourth-order valence-electron chi connectivity index (χ4n) is 1.63. The van der Waals surface area contributed by atoms with Gasteiger partial charge in [-0.1, -0.05) is 6.07 Å². The van der Waals surface area contributed by atoms with Gasteiger partial charge in [-0.3, -0.25) is 4.90 Å². The van der Waals surface area contributed by atoms with Crippen LogP contribution in [0.25, 0.3) is 0 Å². The fourth-order valence-corrected chi connectivity index (χ4v) is 1.86. The van der Waals surface area contributed by atoms with Crippen molar-refractivity contribution < 1.29 is 0 Å². The van der Waals surface area contributed by atoms with Crippen LogP contribution in [0.3, 0.4) is 0 Å². The lowest BCUT2D eigenvalue weighted by Gasteiger charge is -2.26. The van der Waals surface area contributed by atoms with Crippen molar-refractivity contribution in [2.24, 2.45) is 0 Å². The predicted octanol–water partition coefficient (Wildman–Crippen LogP) is 1.67. The van der Waals surface area contributed by atoms with Crippen LogP contribution >= 0.6 is 28.3 Å². The number of hydrogen-bond donors (Lipinski definition) is 1. The summed E-state index contributed by atoms with van der Waals surface area (Å²) in [4.78, 5) is 6.66. The topological polar surface area (TPSA) is 28.2 Å². The number of halogens is 2. The first-order chi connectivity index (χ1) is 6.84. The van der Waals surface area contributed by atoms with Crippen molar-refractivity contribution in [3.63, 3.8) is 0 Å². The molecule has 1 N–H and O–H groups in total. The van der Waals surface area contributed by atoms with Crippen LogP contribution in [0.15, 0.2) is 22.9 Å². The molecule has 15 heavy (non-hydrogen) atoms. The molecule has 0 spiro atoms. The maximum Gasteiger partial charge on any atom is 0.106 e. The molecule has 0 saturated carbocycles. The average Bonchev–Trinajstić information content (AvgIpc) is 2.23. The first kappa shape index (κ1) is 12.9. The Morgan fingerprint density at radius 2 is 2.07 bits per heavy atom. The summed E-state index contributed by atoms with van der Waals surface area (Å²) in [6.45, 7) is 5.49. The molecule has 0 amide bonds. The van der Waals surface area contributed by atoms with Gasteiger partial charge in [-0.05, 0) is 27.6 Å². The molecule has 3 nitrogen and oxygen atoms in total. The standard InChI is InChI=1S/C10H14BrN3.ClH/c11-10-2-1-9(7-13-10)8-14-5-3-12-4-6-14;/h1-2,7,12H,3-6,8H2;1H. The minimum Gasteiger partial charge on any atom is -0.314 e. The molecule has 0 atom stereocenters. The van der Waals surface area contributed by atoms with Gasteiger partial charge >= 0.3 is 0 Å². The van der Waals surface area contributed by atoms with Gasteiger partial charge in [0, 0.05) is 38.9 Å². The minimum atomic E-state index is 0. The highest BCUT2D eigenvalue weighted by Crippen LogP contribution is 2.08. The van der Waals surface area contributed by atoms with E-state index in [1.807, 2.05) is 12.3 Å². The minimum absolute atomic E-state index is 0. The molecular weight excluding hydrogens is 277 g/mol. The largest absolute Gasteiger partial charge is 0.314 e. The molecule has 0 radical (unpaired) electrons. The zero-order valence-corrected chi connectivity index (χ0v) is 10.9. The molecule has 2 rings (SSSR count). The van der Waals surface area contributed by atoms with Gasteiger partial charge in [0.2, 0.25) is 0 Å². The number of piperazine rings is 1. The SMILES string of the molecule is Brc1ccc(CN2CCNCC2)cn1.Cl. The lowest BCUT2D eigenvalue weighted by Crippen LogP contribution is -2.42. The number of rotatable bonds is 2. The van der Waals surface area contributed by atoms with E-state index in [0.29, 0.717) is 0 Å². The summed E-state index contributed by atoms with van der Waals surface area (Å²) in [5.41, 5.74) is 1.29. The maximum atomic E-state index is 4.22. The van der Waals surface area contributed by atoms with E-state index in [-0.39, 0.29) is 12.4 Å². The Morgan fingerprint density at radius 1 is 1.33 bits per heavy atom. The van der Waals surface area contributed by atoms with Gasteiger partial charge in [-0.25, -0.2) is 4.98 Å². The number of nitrogens with zero attached hydrogens (tertiary/aromatic N) is 2. The first-order valence-corrected chi connectivity index (χ1v) is 5.67. The van der Waals surface area contributed by atoms with Crippen molar-refractivity contribution in [1.29, 1.82) is 0 Å². The van der Waals surface area contributed by atoms with Crippen LogP contribution in [0.1, 0.15) is 5.56 Å². The molecule has 84 valence electrons. The van der Waals surface area contributed by atoms with Crippen molar-refractivity contribution in [3.8, 4) is 0 Å². The highest BCUT2D eigenvalue weighted by molar-refractivity contribution is 9.10. The zero-order chi connectivity index (χ0) is 9.80. The third-order valence-corrected chi connectivity index (χ3v) is 2.87. The monoisotopic (exact) mass is 291 g/mol. The molecule has 2 heterocycles. The van der Waals surface area contributed by atoms with E-state index in [4.69, 9.17) is 0 Å². The Labute approximate surface area is 105 Å². The second-order valence-electron chi connectivity index (χ2n) is 3.52. The van der Waals surface area contributed by atoms with Crippen molar-refractivity contribution in [2.75, 3.05) is 26.2 Å². The summed E-state index contributed by atoms with van der Waals surface area (Å²) in [5, 5.41) is 3.34. The number of pyridine rings is 1. The Bertz CT molecular complexity index is 285. The van der Waals surface area contributed by atoms with Crippen molar-refractivity contribution in [3.05, 3.63) is 28.5 Å². The number of hydrogen-bond acceptors (Lipinski definition) is 3. The molecule has 1 aliphatic heterocycles. The van der Waals surface area contributed by atoms with Gasteiger partial charge in [0.25, 0.3) is 0 Å². The van der Waals surface area contributed by atoms with Gasteiger partial charge in [0.1, 0.15) is 4.60 Å². The molecule has 1 saturated heterocycles. The van der Waals surface area contributed by atoms with Crippen LogP contribution in [0.5, 0.6) is 0 Å². The van der Waals surface area contributed by atoms with Crippen LogP contribution < -0.4 is 5.32 Å². The Morgan fingerprint density at radius 3 is 2.67 bits per heavy atom. The van der Waals surface area contributed by atoms with Crippen LogP contribution in [-0.4, -0.2) is 36.1 Å². The van der Waals surface area contributed by atoms with Gasteiger partial charge in [0.15, 0.2) is 0 Å². The molecule has 0 aliphatic carbocycles. The Kier molecular flexibility index (Phi) is 5.53. The maximum absolute atomic E-state index is 4.22. The summed E-state index contributed by atoms with van der Waals surface area (Å²) in [6, 6.07) is 4.12. The van der Waals surface area contributed by atoms with Crippen molar-refractivity contribution in [2.45, 2.75) is 6.54 Å². The fraction of sp³-hybridized carbons (Fsp3) is 0.500. The molecule has 5 heteroatoms. The quantitative estimate of drug-likeness (QED) is 0.841. The second kappa shape index (κ2) is 6.43. The van der Waals surface area contributed by atoms with E-state index in [9.17, 15) is 0 Å². The predicted molar refractivity (Wildman–Crippen MR) is 67.3 cm³/mol. The summed E-state index contributed by atoms with van der Waals surface area (Å²) >= 11 is 3.34. The van der Waals surface area contributed by atoms with Gasteiger partial charge < -0.3 is 5.32 Å². The molecule has 1 aromatic heterocycles. The Hall–Kier alpha value is -0.160. The normalized spacial score (nSPS) is 17.1. The van der Waals surface area contributed by atoms with E-state index in [2.05, 4.69) is 37.2 Å². The summed E-state index contributed by atoms with van der Waals surface area (Å²) < 4.78 is 0.904.